The Morgan fingerprint density at radius 2 is 1.72 bits per heavy atom. The van der Waals surface area contributed by atoms with Crippen molar-refractivity contribution in [3.8, 4) is 0 Å². The predicted molar refractivity (Wildman–Crippen MR) is 63.5 cm³/mol. The van der Waals surface area contributed by atoms with Crippen LogP contribution in [0.1, 0.15) is 25.3 Å². The first-order valence-corrected chi connectivity index (χ1v) is 5.93. The van der Waals surface area contributed by atoms with Gasteiger partial charge in [0.1, 0.15) is 0 Å². The summed E-state index contributed by atoms with van der Waals surface area (Å²) >= 11 is 0. The smallest absolute Gasteiger partial charge is 0.390 e. The van der Waals surface area contributed by atoms with Crippen LogP contribution in [0.5, 0.6) is 0 Å². The van der Waals surface area contributed by atoms with E-state index in [1.807, 2.05) is 0 Å². The zero-order valence-electron chi connectivity index (χ0n) is 10.2. The van der Waals surface area contributed by atoms with Crippen LogP contribution in [0, 0.1) is 0 Å². The van der Waals surface area contributed by atoms with Gasteiger partial charge in [-0.2, -0.15) is 13.2 Å². The van der Waals surface area contributed by atoms with Crippen molar-refractivity contribution in [3.05, 3.63) is 29.8 Å². The fourth-order valence-corrected chi connectivity index (χ4v) is 2.22. The van der Waals surface area contributed by atoms with Crippen molar-refractivity contribution >= 4 is 5.69 Å². The molecule has 0 aromatic heterocycles. The van der Waals surface area contributed by atoms with Gasteiger partial charge in [0.05, 0.1) is 11.2 Å². The van der Waals surface area contributed by atoms with Gasteiger partial charge in [0, 0.05) is 18.8 Å². The molecule has 0 spiro atoms. The summed E-state index contributed by atoms with van der Waals surface area (Å²) in [6.45, 7) is 2.61. The topological polar surface area (TPSA) is 23.5 Å². The molecule has 100 valence electrons. The lowest BCUT2D eigenvalue weighted by atomic mass is 9.93. The molecule has 0 saturated carbocycles. The van der Waals surface area contributed by atoms with Gasteiger partial charge in [-0.05, 0) is 31.9 Å². The van der Waals surface area contributed by atoms with Crippen LogP contribution >= 0.6 is 0 Å². The highest BCUT2D eigenvalue weighted by molar-refractivity contribution is 5.55. The number of rotatable bonds is 1. The second-order valence-corrected chi connectivity index (χ2v) is 5.00. The molecular formula is C13H16F3NO. The molecule has 18 heavy (non-hydrogen) atoms. The summed E-state index contributed by atoms with van der Waals surface area (Å²) in [6.07, 6.45) is -3.37. The van der Waals surface area contributed by atoms with Crippen LogP contribution in [0.15, 0.2) is 24.3 Å². The van der Waals surface area contributed by atoms with Crippen molar-refractivity contribution in [2.75, 3.05) is 18.0 Å². The Labute approximate surface area is 104 Å². The number of anilines is 1. The predicted octanol–water partition coefficient (Wildman–Crippen LogP) is 3.06. The molecule has 0 bridgehead atoms. The fraction of sp³-hybridized carbons (Fsp3) is 0.538. The molecule has 1 aliphatic heterocycles. The van der Waals surface area contributed by atoms with Gasteiger partial charge in [0.2, 0.25) is 0 Å². The minimum Gasteiger partial charge on any atom is -0.390 e. The van der Waals surface area contributed by atoms with Gasteiger partial charge in [-0.15, -0.1) is 0 Å². The van der Waals surface area contributed by atoms with E-state index >= 15 is 0 Å². The highest BCUT2D eigenvalue weighted by Crippen LogP contribution is 2.37. The van der Waals surface area contributed by atoms with E-state index in [4.69, 9.17) is 0 Å². The largest absolute Gasteiger partial charge is 0.418 e. The van der Waals surface area contributed by atoms with Crippen molar-refractivity contribution < 1.29 is 18.3 Å². The number of hydrogen-bond donors (Lipinski definition) is 1. The Morgan fingerprint density at radius 1 is 1.17 bits per heavy atom. The summed E-state index contributed by atoms with van der Waals surface area (Å²) in [7, 11) is 0. The molecule has 1 saturated heterocycles. The Bertz CT molecular complexity index is 418. The third-order valence-electron chi connectivity index (χ3n) is 3.39. The first-order valence-electron chi connectivity index (χ1n) is 5.93. The van der Waals surface area contributed by atoms with Gasteiger partial charge in [0.25, 0.3) is 0 Å². The normalized spacial score (nSPS) is 19.9. The van der Waals surface area contributed by atoms with E-state index in [9.17, 15) is 18.3 Å². The SMILES string of the molecule is CC1(O)CCN(c2ccccc2C(F)(F)F)CC1. The number of aliphatic hydroxyl groups is 1. The van der Waals surface area contributed by atoms with E-state index in [2.05, 4.69) is 0 Å². The van der Waals surface area contributed by atoms with Gasteiger partial charge >= 0.3 is 6.18 Å². The zero-order chi connectivity index (χ0) is 13.4. The molecule has 5 heteroatoms. The van der Waals surface area contributed by atoms with E-state index in [0.29, 0.717) is 25.9 Å². The van der Waals surface area contributed by atoms with Crippen LogP contribution in [0.3, 0.4) is 0 Å². The van der Waals surface area contributed by atoms with E-state index in [-0.39, 0.29) is 5.69 Å². The van der Waals surface area contributed by atoms with Crippen LogP contribution < -0.4 is 4.90 Å². The van der Waals surface area contributed by atoms with Crippen LogP contribution in [-0.4, -0.2) is 23.8 Å². The average molecular weight is 259 g/mol. The van der Waals surface area contributed by atoms with Gasteiger partial charge in [0.15, 0.2) is 0 Å². The third-order valence-corrected chi connectivity index (χ3v) is 3.39. The van der Waals surface area contributed by atoms with Crippen LogP contribution in [-0.2, 0) is 6.18 Å². The highest BCUT2D eigenvalue weighted by Gasteiger charge is 2.36. The van der Waals surface area contributed by atoms with Crippen molar-refractivity contribution in [2.24, 2.45) is 0 Å². The molecule has 1 aliphatic rings. The van der Waals surface area contributed by atoms with Gasteiger partial charge in [-0.3, -0.25) is 0 Å². The number of piperidine rings is 1. The van der Waals surface area contributed by atoms with E-state index in [0.717, 1.165) is 6.07 Å². The second kappa shape index (κ2) is 4.46. The molecule has 1 heterocycles. The molecule has 0 aliphatic carbocycles. The summed E-state index contributed by atoms with van der Waals surface area (Å²) < 4.78 is 38.6. The van der Waals surface area contributed by atoms with E-state index in [1.54, 1.807) is 17.9 Å². The summed E-state index contributed by atoms with van der Waals surface area (Å²) in [6, 6.07) is 5.59. The fourth-order valence-electron chi connectivity index (χ4n) is 2.22. The molecule has 1 aromatic carbocycles. The monoisotopic (exact) mass is 259 g/mol. The number of nitrogens with zero attached hydrogens (tertiary/aromatic N) is 1. The number of para-hydroxylation sites is 1. The van der Waals surface area contributed by atoms with Gasteiger partial charge < -0.3 is 10.0 Å². The maximum Gasteiger partial charge on any atom is 0.418 e. The maximum absolute atomic E-state index is 12.9. The first-order chi connectivity index (χ1) is 8.30. The maximum atomic E-state index is 12.9. The number of benzene rings is 1. The highest BCUT2D eigenvalue weighted by atomic mass is 19.4. The number of halogens is 3. The molecule has 2 nitrogen and oxygen atoms in total. The molecule has 0 amide bonds. The molecule has 0 unspecified atom stereocenters. The van der Waals surface area contributed by atoms with Crippen LogP contribution in [0.4, 0.5) is 18.9 Å². The minimum absolute atomic E-state index is 0.209. The van der Waals surface area contributed by atoms with Crippen molar-refractivity contribution in [3.63, 3.8) is 0 Å². The Morgan fingerprint density at radius 3 is 2.28 bits per heavy atom. The van der Waals surface area contributed by atoms with Gasteiger partial charge in [-0.1, -0.05) is 12.1 Å². The number of alkyl halides is 3. The molecule has 1 fully saturated rings. The summed E-state index contributed by atoms with van der Waals surface area (Å²) in [5, 5.41) is 9.82. The summed E-state index contributed by atoms with van der Waals surface area (Å²) in [5.74, 6) is 0. The molecule has 2 rings (SSSR count). The van der Waals surface area contributed by atoms with Crippen molar-refractivity contribution in [1.29, 1.82) is 0 Å². The second-order valence-electron chi connectivity index (χ2n) is 5.00. The Kier molecular flexibility index (Phi) is 3.27. The first kappa shape index (κ1) is 13.2. The Balaban J connectivity index is 2.25. The zero-order valence-corrected chi connectivity index (χ0v) is 10.2. The molecule has 1 aromatic rings. The standard InChI is InChI=1S/C13H16F3NO/c1-12(18)6-8-17(9-7-12)11-5-3-2-4-10(11)13(14,15)16/h2-5,18H,6-9H2,1H3. The molecular weight excluding hydrogens is 243 g/mol. The van der Waals surface area contributed by atoms with E-state index in [1.165, 1.54) is 12.1 Å². The molecule has 1 N–H and O–H groups in total. The summed E-state index contributed by atoms with van der Waals surface area (Å²) in [5.41, 5.74) is -1.16. The quantitative estimate of drug-likeness (QED) is 0.838. The Hall–Kier alpha value is -1.23. The van der Waals surface area contributed by atoms with E-state index < -0.39 is 17.3 Å². The lowest BCUT2D eigenvalue weighted by Crippen LogP contribution is -2.43. The number of hydrogen-bond acceptors (Lipinski definition) is 2. The average Bonchev–Trinajstić information content (AvgIpc) is 2.28. The summed E-state index contributed by atoms with van der Waals surface area (Å²) in [4.78, 5) is 1.70. The minimum atomic E-state index is -4.34. The third kappa shape index (κ3) is 2.77. The van der Waals surface area contributed by atoms with Gasteiger partial charge in [-0.25, -0.2) is 0 Å². The lowest BCUT2D eigenvalue weighted by molar-refractivity contribution is -0.137. The van der Waals surface area contributed by atoms with Crippen molar-refractivity contribution in [2.45, 2.75) is 31.5 Å². The van der Waals surface area contributed by atoms with Crippen LogP contribution in [0.25, 0.3) is 0 Å². The van der Waals surface area contributed by atoms with Crippen LogP contribution in [0.2, 0.25) is 0 Å². The molecule has 0 radical (unpaired) electrons. The lowest BCUT2D eigenvalue weighted by Gasteiger charge is -2.38. The molecule has 0 atom stereocenters. The van der Waals surface area contributed by atoms with Crippen molar-refractivity contribution in [1.82, 2.24) is 0 Å².